The van der Waals surface area contributed by atoms with Gasteiger partial charge in [0.25, 0.3) is 0 Å². The molecule has 0 aliphatic rings. The zero-order valence-corrected chi connectivity index (χ0v) is 9.15. The maximum atomic E-state index is 11.4. The molecule has 0 fully saturated rings. The molecule has 0 radical (unpaired) electrons. The van der Waals surface area contributed by atoms with Gasteiger partial charge in [0.15, 0.2) is 0 Å². The number of nitrogens with zero attached hydrogens (tertiary/aromatic N) is 2. The molecule has 2 aromatic rings. The van der Waals surface area contributed by atoms with Crippen LogP contribution in [0.2, 0.25) is 0 Å². The van der Waals surface area contributed by atoms with E-state index in [0.29, 0.717) is 5.00 Å². The summed E-state index contributed by atoms with van der Waals surface area (Å²) in [5, 5.41) is 6.92. The van der Waals surface area contributed by atoms with E-state index in [1.807, 2.05) is 30.3 Å². The molecule has 16 heavy (non-hydrogen) atoms. The number of anilines is 1. The van der Waals surface area contributed by atoms with Crippen molar-refractivity contribution in [3.8, 4) is 0 Å². The second kappa shape index (κ2) is 5.18. The molecule has 0 saturated carbocycles. The molecular weight excluding hydrogens is 222 g/mol. The molecule has 5 heteroatoms. The Kier molecular flexibility index (Phi) is 3.40. The summed E-state index contributed by atoms with van der Waals surface area (Å²) in [7, 11) is 0. The second-order valence-electron chi connectivity index (χ2n) is 3.02. The molecule has 1 aromatic carbocycles. The van der Waals surface area contributed by atoms with Crippen molar-refractivity contribution in [2.24, 2.45) is 0 Å². The van der Waals surface area contributed by atoms with Crippen molar-refractivity contribution < 1.29 is 4.79 Å². The molecule has 0 bridgehead atoms. The van der Waals surface area contributed by atoms with Crippen LogP contribution in [0.25, 0.3) is 6.08 Å². The van der Waals surface area contributed by atoms with Crippen molar-refractivity contribution in [2.75, 3.05) is 5.32 Å². The Labute approximate surface area is 96.8 Å². The van der Waals surface area contributed by atoms with Crippen molar-refractivity contribution >= 4 is 28.5 Å². The maximum Gasteiger partial charge on any atom is 0.249 e. The Morgan fingerprint density at radius 1 is 1.31 bits per heavy atom. The second-order valence-corrected chi connectivity index (χ2v) is 3.80. The molecule has 1 N–H and O–H groups in total. The van der Waals surface area contributed by atoms with E-state index >= 15 is 0 Å². The first-order valence-corrected chi connectivity index (χ1v) is 5.43. The third kappa shape index (κ3) is 2.99. The van der Waals surface area contributed by atoms with Gasteiger partial charge in [-0.1, -0.05) is 34.8 Å². The maximum absolute atomic E-state index is 11.4. The highest BCUT2D eigenvalue weighted by atomic mass is 32.1. The lowest BCUT2D eigenvalue weighted by Crippen LogP contribution is -2.05. The number of hydrogen-bond donors (Lipinski definition) is 1. The number of amides is 1. The monoisotopic (exact) mass is 231 g/mol. The fraction of sp³-hybridized carbons (Fsp3) is 0. The Hall–Kier alpha value is -2.01. The first kappa shape index (κ1) is 10.5. The van der Waals surface area contributed by atoms with Gasteiger partial charge in [-0.15, -0.1) is 5.10 Å². The number of nitrogens with one attached hydrogen (secondary N) is 1. The number of aromatic nitrogens is 2. The molecule has 0 spiro atoms. The van der Waals surface area contributed by atoms with Crippen molar-refractivity contribution in [1.29, 1.82) is 0 Å². The fourth-order valence-electron chi connectivity index (χ4n) is 1.12. The molecule has 0 unspecified atom stereocenters. The van der Waals surface area contributed by atoms with E-state index in [0.717, 1.165) is 17.1 Å². The Balaban J connectivity index is 1.95. The van der Waals surface area contributed by atoms with Crippen LogP contribution in [-0.4, -0.2) is 15.5 Å². The molecule has 2 rings (SSSR count). The quantitative estimate of drug-likeness (QED) is 0.824. The van der Waals surface area contributed by atoms with Gasteiger partial charge in [0.05, 0.1) is 6.20 Å². The van der Waals surface area contributed by atoms with Crippen LogP contribution in [0, 0.1) is 0 Å². The molecular formula is C11H9N3OS. The van der Waals surface area contributed by atoms with Gasteiger partial charge < -0.3 is 5.32 Å². The molecule has 1 aromatic heterocycles. The van der Waals surface area contributed by atoms with Crippen LogP contribution < -0.4 is 5.32 Å². The minimum absolute atomic E-state index is 0.185. The van der Waals surface area contributed by atoms with Crippen LogP contribution in [0.1, 0.15) is 5.56 Å². The molecule has 1 amide bonds. The average molecular weight is 231 g/mol. The van der Waals surface area contributed by atoms with Crippen LogP contribution in [0.5, 0.6) is 0 Å². The number of carbonyl (C=O) groups is 1. The van der Waals surface area contributed by atoms with Gasteiger partial charge in [0, 0.05) is 17.6 Å². The third-order valence-corrected chi connectivity index (χ3v) is 2.41. The molecule has 4 nitrogen and oxygen atoms in total. The number of benzene rings is 1. The normalized spacial score (nSPS) is 10.5. The van der Waals surface area contributed by atoms with E-state index in [9.17, 15) is 4.79 Å². The number of rotatable bonds is 3. The highest BCUT2D eigenvalue weighted by molar-refractivity contribution is 7.10. The summed E-state index contributed by atoms with van der Waals surface area (Å²) < 4.78 is 3.65. The van der Waals surface area contributed by atoms with Crippen molar-refractivity contribution in [1.82, 2.24) is 9.59 Å². The number of hydrogen-bond acceptors (Lipinski definition) is 4. The smallest absolute Gasteiger partial charge is 0.249 e. The van der Waals surface area contributed by atoms with Crippen LogP contribution in [0.15, 0.2) is 42.6 Å². The fourth-order valence-corrected chi connectivity index (χ4v) is 1.54. The highest BCUT2D eigenvalue weighted by Gasteiger charge is 1.98. The van der Waals surface area contributed by atoms with Crippen molar-refractivity contribution in [3.05, 3.63) is 48.2 Å². The molecule has 0 aliphatic heterocycles. The van der Waals surface area contributed by atoms with E-state index in [1.165, 1.54) is 12.3 Å². The average Bonchev–Trinajstić information content (AvgIpc) is 2.81. The topological polar surface area (TPSA) is 54.9 Å². The summed E-state index contributed by atoms with van der Waals surface area (Å²) in [6, 6.07) is 9.63. The lowest BCUT2D eigenvalue weighted by atomic mass is 10.2. The lowest BCUT2D eigenvalue weighted by molar-refractivity contribution is -0.111. The number of carbonyl (C=O) groups excluding carboxylic acids is 1. The Morgan fingerprint density at radius 2 is 2.12 bits per heavy atom. The summed E-state index contributed by atoms with van der Waals surface area (Å²) in [5.41, 5.74) is 0.986. The standard InChI is InChI=1S/C11H9N3OS/c15-10(13-11-8-12-14-16-11)7-6-9-4-2-1-3-5-9/h1-8H,(H,13,15)/b7-6+. The molecule has 0 atom stereocenters. The van der Waals surface area contributed by atoms with Crippen LogP contribution >= 0.6 is 11.5 Å². The van der Waals surface area contributed by atoms with E-state index in [4.69, 9.17) is 0 Å². The Bertz CT molecular complexity index is 479. The first-order valence-electron chi connectivity index (χ1n) is 4.66. The van der Waals surface area contributed by atoms with E-state index < -0.39 is 0 Å². The van der Waals surface area contributed by atoms with Crippen LogP contribution in [-0.2, 0) is 4.79 Å². The largest absolute Gasteiger partial charge is 0.311 e. The van der Waals surface area contributed by atoms with E-state index in [1.54, 1.807) is 6.08 Å². The van der Waals surface area contributed by atoms with Gasteiger partial charge >= 0.3 is 0 Å². The lowest BCUT2D eigenvalue weighted by Gasteiger charge is -1.94. The zero-order valence-electron chi connectivity index (χ0n) is 8.33. The van der Waals surface area contributed by atoms with Crippen molar-refractivity contribution in [2.45, 2.75) is 0 Å². The van der Waals surface area contributed by atoms with Gasteiger partial charge in [-0.2, -0.15) is 0 Å². The van der Waals surface area contributed by atoms with Gasteiger partial charge in [-0.25, -0.2) is 0 Å². The van der Waals surface area contributed by atoms with Crippen LogP contribution in [0.4, 0.5) is 5.00 Å². The predicted molar refractivity (Wildman–Crippen MR) is 64.0 cm³/mol. The summed E-state index contributed by atoms with van der Waals surface area (Å²) in [6.45, 7) is 0. The van der Waals surface area contributed by atoms with Crippen molar-refractivity contribution in [3.63, 3.8) is 0 Å². The minimum Gasteiger partial charge on any atom is -0.311 e. The summed E-state index contributed by atoms with van der Waals surface area (Å²) in [5.74, 6) is -0.185. The van der Waals surface area contributed by atoms with Gasteiger partial charge in [0.1, 0.15) is 5.00 Å². The van der Waals surface area contributed by atoms with E-state index in [-0.39, 0.29) is 5.91 Å². The predicted octanol–water partition coefficient (Wildman–Crippen LogP) is 2.19. The highest BCUT2D eigenvalue weighted by Crippen LogP contribution is 2.09. The van der Waals surface area contributed by atoms with E-state index in [2.05, 4.69) is 14.9 Å². The van der Waals surface area contributed by atoms with Gasteiger partial charge in [-0.05, 0) is 11.6 Å². The van der Waals surface area contributed by atoms with Crippen LogP contribution in [0.3, 0.4) is 0 Å². The summed E-state index contributed by atoms with van der Waals surface area (Å²) in [6.07, 6.45) is 4.75. The molecule has 0 saturated heterocycles. The molecule has 1 heterocycles. The Morgan fingerprint density at radius 3 is 2.81 bits per heavy atom. The summed E-state index contributed by atoms with van der Waals surface area (Å²) >= 11 is 1.15. The SMILES string of the molecule is O=C(/C=C/c1ccccc1)Nc1cnns1. The zero-order chi connectivity index (χ0) is 11.2. The third-order valence-electron chi connectivity index (χ3n) is 1.83. The molecule has 0 aliphatic carbocycles. The summed E-state index contributed by atoms with van der Waals surface area (Å²) in [4.78, 5) is 11.4. The van der Waals surface area contributed by atoms with Gasteiger partial charge in [0.2, 0.25) is 5.91 Å². The molecule has 80 valence electrons. The van der Waals surface area contributed by atoms with Gasteiger partial charge in [-0.3, -0.25) is 4.79 Å². The minimum atomic E-state index is -0.185. The first-order chi connectivity index (χ1) is 7.84.